The molecule has 0 radical (unpaired) electrons. The maximum Gasteiger partial charge on any atom is 0.325 e. The van der Waals surface area contributed by atoms with Gasteiger partial charge in [0.2, 0.25) is 0 Å². The van der Waals surface area contributed by atoms with E-state index in [0.29, 0.717) is 10.4 Å². The van der Waals surface area contributed by atoms with Crippen LogP contribution >= 0.6 is 11.3 Å². The van der Waals surface area contributed by atoms with Gasteiger partial charge in [-0.3, -0.25) is 14.4 Å². The van der Waals surface area contributed by atoms with Gasteiger partial charge in [0.25, 0.3) is 11.8 Å². The van der Waals surface area contributed by atoms with Crippen LogP contribution in [-0.4, -0.2) is 41.9 Å². The summed E-state index contributed by atoms with van der Waals surface area (Å²) in [5.41, 5.74) is 0.423. The number of hydrogen-bond donors (Lipinski definition) is 1. The Morgan fingerprint density at radius 1 is 1.19 bits per heavy atom. The van der Waals surface area contributed by atoms with E-state index in [9.17, 15) is 18.8 Å². The van der Waals surface area contributed by atoms with Crippen LogP contribution in [0.4, 0.5) is 4.39 Å². The van der Waals surface area contributed by atoms with Gasteiger partial charge in [0.05, 0.1) is 4.88 Å². The van der Waals surface area contributed by atoms with Crippen LogP contribution in [0.3, 0.4) is 0 Å². The fraction of sp³-hybridized carbons (Fsp3) is 0.316. The molecule has 1 aromatic heterocycles. The van der Waals surface area contributed by atoms with E-state index in [-0.39, 0.29) is 36.8 Å². The average Bonchev–Trinajstić information content (AvgIpc) is 3.35. The summed E-state index contributed by atoms with van der Waals surface area (Å²) >= 11 is 1.26. The van der Waals surface area contributed by atoms with E-state index in [1.54, 1.807) is 35.7 Å². The highest BCUT2D eigenvalue weighted by Gasteiger charge is 2.33. The molecule has 6 nitrogen and oxygen atoms in total. The number of carbonyl (C=O) groups excluding carboxylic acids is 3. The monoisotopic (exact) mass is 390 g/mol. The molecule has 1 aliphatic rings. The van der Waals surface area contributed by atoms with Gasteiger partial charge in [0, 0.05) is 18.2 Å². The van der Waals surface area contributed by atoms with Gasteiger partial charge >= 0.3 is 5.97 Å². The SMILES string of the molecule is O=C(CNC(=O)c1cccs1)OCC(=O)N(Cc1ccccc1F)C1CC1. The highest BCUT2D eigenvalue weighted by Crippen LogP contribution is 2.29. The lowest BCUT2D eigenvalue weighted by molar-refractivity contribution is -0.151. The molecule has 1 fully saturated rings. The van der Waals surface area contributed by atoms with Crippen LogP contribution in [0, 0.1) is 5.82 Å². The third-order valence-electron chi connectivity index (χ3n) is 4.10. The predicted octanol–water partition coefficient (Wildman–Crippen LogP) is 2.35. The van der Waals surface area contributed by atoms with Gasteiger partial charge in [0.15, 0.2) is 6.61 Å². The Balaban J connectivity index is 1.47. The molecule has 0 bridgehead atoms. The molecule has 1 heterocycles. The first-order chi connectivity index (χ1) is 13.0. The van der Waals surface area contributed by atoms with Crippen molar-refractivity contribution in [3.05, 3.63) is 58.0 Å². The summed E-state index contributed by atoms with van der Waals surface area (Å²) < 4.78 is 18.8. The molecule has 0 atom stereocenters. The molecule has 1 aliphatic carbocycles. The zero-order valence-electron chi connectivity index (χ0n) is 14.5. The molecule has 1 saturated carbocycles. The van der Waals surface area contributed by atoms with Crippen LogP contribution in [0.1, 0.15) is 28.1 Å². The Bertz CT molecular complexity index is 821. The summed E-state index contributed by atoms with van der Waals surface area (Å²) in [4.78, 5) is 38.0. The first-order valence-corrected chi connectivity index (χ1v) is 9.43. The second-order valence-corrected chi connectivity index (χ2v) is 7.11. The van der Waals surface area contributed by atoms with E-state index in [2.05, 4.69) is 5.32 Å². The molecule has 27 heavy (non-hydrogen) atoms. The number of ether oxygens (including phenoxy) is 1. The lowest BCUT2D eigenvalue weighted by Crippen LogP contribution is -2.37. The van der Waals surface area contributed by atoms with Crippen LogP contribution in [0.25, 0.3) is 0 Å². The van der Waals surface area contributed by atoms with Crippen molar-refractivity contribution in [1.82, 2.24) is 10.2 Å². The maximum absolute atomic E-state index is 13.8. The molecule has 142 valence electrons. The molecule has 0 spiro atoms. The van der Waals surface area contributed by atoms with Crippen LogP contribution in [-0.2, 0) is 20.9 Å². The Kier molecular flexibility index (Phi) is 6.18. The summed E-state index contributed by atoms with van der Waals surface area (Å²) in [5, 5.41) is 4.20. The Morgan fingerprint density at radius 3 is 2.63 bits per heavy atom. The van der Waals surface area contributed by atoms with Crippen molar-refractivity contribution in [3.8, 4) is 0 Å². The van der Waals surface area contributed by atoms with Crippen molar-refractivity contribution < 1.29 is 23.5 Å². The Morgan fingerprint density at radius 2 is 1.96 bits per heavy atom. The minimum absolute atomic E-state index is 0.0503. The van der Waals surface area contributed by atoms with E-state index >= 15 is 0 Å². The molecule has 2 aromatic rings. The van der Waals surface area contributed by atoms with Gasteiger partial charge in [-0.15, -0.1) is 11.3 Å². The van der Waals surface area contributed by atoms with E-state index < -0.39 is 12.6 Å². The Labute approximate surface area is 159 Å². The first-order valence-electron chi connectivity index (χ1n) is 8.55. The number of amides is 2. The first kappa shape index (κ1) is 19.0. The fourth-order valence-corrected chi connectivity index (χ4v) is 3.18. The summed E-state index contributed by atoms with van der Waals surface area (Å²) in [5.74, 6) is -1.81. The summed E-state index contributed by atoms with van der Waals surface area (Å²) in [6.45, 7) is -0.609. The van der Waals surface area contributed by atoms with Crippen LogP contribution in [0.5, 0.6) is 0 Å². The van der Waals surface area contributed by atoms with Crippen molar-refractivity contribution in [2.75, 3.05) is 13.2 Å². The maximum atomic E-state index is 13.8. The minimum Gasteiger partial charge on any atom is -0.454 e. The summed E-state index contributed by atoms with van der Waals surface area (Å²) in [6, 6.07) is 9.71. The zero-order valence-corrected chi connectivity index (χ0v) is 15.3. The second-order valence-electron chi connectivity index (χ2n) is 6.16. The molecular weight excluding hydrogens is 371 g/mol. The third-order valence-corrected chi connectivity index (χ3v) is 4.97. The number of nitrogens with zero attached hydrogens (tertiary/aromatic N) is 1. The molecule has 0 saturated heterocycles. The highest BCUT2D eigenvalue weighted by molar-refractivity contribution is 7.12. The second kappa shape index (κ2) is 8.77. The quantitative estimate of drug-likeness (QED) is 0.702. The van der Waals surface area contributed by atoms with Gasteiger partial charge in [-0.05, 0) is 30.4 Å². The predicted molar refractivity (Wildman–Crippen MR) is 97.6 cm³/mol. The van der Waals surface area contributed by atoms with Gasteiger partial charge in [-0.25, -0.2) is 4.39 Å². The zero-order chi connectivity index (χ0) is 19.2. The number of benzene rings is 1. The number of halogens is 1. The van der Waals surface area contributed by atoms with Gasteiger partial charge in [0.1, 0.15) is 12.4 Å². The van der Waals surface area contributed by atoms with E-state index in [1.165, 1.54) is 22.3 Å². The van der Waals surface area contributed by atoms with Crippen molar-refractivity contribution >= 4 is 29.1 Å². The lowest BCUT2D eigenvalue weighted by atomic mass is 10.2. The van der Waals surface area contributed by atoms with Crippen molar-refractivity contribution in [2.24, 2.45) is 0 Å². The van der Waals surface area contributed by atoms with Gasteiger partial charge < -0.3 is 15.0 Å². The summed E-state index contributed by atoms with van der Waals surface area (Å²) in [7, 11) is 0. The molecule has 1 N–H and O–H groups in total. The topological polar surface area (TPSA) is 75.7 Å². The molecule has 1 aromatic carbocycles. The van der Waals surface area contributed by atoms with Crippen molar-refractivity contribution in [2.45, 2.75) is 25.4 Å². The van der Waals surface area contributed by atoms with Crippen LogP contribution in [0.15, 0.2) is 41.8 Å². The largest absolute Gasteiger partial charge is 0.454 e. The molecule has 8 heteroatoms. The third kappa shape index (κ3) is 5.37. The number of carbonyl (C=O) groups is 3. The Hall–Kier alpha value is -2.74. The lowest BCUT2D eigenvalue weighted by Gasteiger charge is -2.22. The highest BCUT2D eigenvalue weighted by atomic mass is 32.1. The van der Waals surface area contributed by atoms with E-state index in [4.69, 9.17) is 4.74 Å². The standard InChI is InChI=1S/C19H19FN2O4S/c20-15-5-2-1-4-13(15)11-22(14-7-8-14)17(23)12-26-18(24)10-21-19(25)16-6-3-9-27-16/h1-6,9,14H,7-8,10-12H2,(H,21,25). The van der Waals surface area contributed by atoms with E-state index in [0.717, 1.165) is 12.8 Å². The molecule has 3 rings (SSSR count). The molecule has 0 aliphatic heterocycles. The van der Waals surface area contributed by atoms with Crippen LogP contribution < -0.4 is 5.32 Å². The van der Waals surface area contributed by atoms with Gasteiger partial charge in [-0.1, -0.05) is 24.3 Å². The van der Waals surface area contributed by atoms with E-state index in [1.807, 2.05) is 0 Å². The molecule has 2 amide bonds. The van der Waals surface area contributed by atoms with Crippen LogP contribution in [0.2, 0.25) is 0 Å². The number of thiophene rings is 1. The van der Waals surface area contributed by atoms with Crippen molar-refractivity contribution in [3.63, 3.8) is 0 Å². The minimum atomic E-state index is -0.699. The number of nitrogens with one attached hydrogen (secondary N) is 1. The average molecular weight is 390 g/mol. The molecule has 0 unspecified atom stereocenters. The van der Waals surface area contributed by atoms with Crippen molar-refractivity contribution in [1.29, 1.82) is 0 Å². The smallest absolute Gasteiger partial charge is 0.325 e. The number of rotatable bonds is 8. The number of esters is 1. The van der Waals surface area contributed by atoms with Gasteiger partial charge in [-0.2, -0.15) is 0 Å². The summed E-state index contributed by atoms with van der Waals surface area (Å²) in [6.07, 6.45) is 1.70. The number of hydrogen-bond acceptors (Lipinski definition) is 5. The fourth-order valence-electron chi connectivity index (χ4n) is 2.54. The molecular formula is C19H19FN2O4S. The normalized spacial score (nSPS) is 13.1.